The van der Waals surface area contributed by atoms with Gasteiger partial charge in [-0.1, -0.05) is 50.3 Å². The third-order valence-electron chi connectivity index (χ3n) is 4.49. The molecule has 0 N–H and O–H groups in total. The van der Waals surface area contributed by atoms with Crippen LogP contribution in [-0.2, 0) is 11.2 Å². The van der Waals surface area contributed by atoms with Crippen molar-refractivity contribution >= 4 is 5.78 Å². The maximum atomic E-state index is 12.4. The molecule has 3 atom stereocenters. The number of hydrogen-bond donors (Lipinski definition) is 0. The van der Waals surface area contributed by atoms with Crippen molar-refractivity contribution in [1.82, 2.24) is 0 Å². The fourth-order valence-electron chi connectivity index (χ4n) is 2.72. The van der Waals surface area contributed by atoms with Crippen LogP contribution in [0.5, 0.6) is 0 Å². The van der Waals surface area contributed by atoms with Gasteiger partial charge in [0.2, 0.25) is 0 Å². The molecule has 114 valence electrons. The van der Waals surface area contributed by atoms with E-state index in [-0.39, 0.29) is 11.9 Å². The quantitative estimate of drug-likeness (QED) is 0.571. The van der Waals surface area contributed by atoms with Gasteiger partial charge in [0.15, 0.2) is 5.78 Å². The van der Waals surface area contributed by atoms with Gasteiger partial charge in [0, 0.05) is 5.56 Å². The Kier molecular flexibility index (Phi) is 5.75. The third kappa shape index (κ3) is 4.28. The van der Waals surface area contributed by atoms with E-state index in [1.807, 2.05) is 31.2 Å². The molecule has 0 fully saturated rings. The Morgan fingerprint density at radius 2 is 1.90 bits per heavy atom. The Hall–Kier alpha value is -1.41. The highest BCUT2D eigenvalue weighted by atomic mass is 16.5. The Labute approximate surface area is 128 Å². The molecule has 0 spiro atoms. The SMILES string of the molecule is CCc1ccc(C(=O)C(C)OCC2CC=CCC2C)cc1. The highest BCUT2D eigenvalue weighted by Crippen LogP contribution is 2.25. The van der Waals surface area contributed by atoms with Crippen molar-refractivity contribution in [2.24, 2.45) is 11.8 Å². The lowest BCUT2D eigenvalue weighted by atomic mass is 9.85. The average Bonchev–Trinajstić information content (AvgIpc) is 2.53. The van der Waals surface area contributed by atoms with Gasteiger partial charge in [0.1, 0.15) is 6.10 Å². The standard InChI is InChI=1S/C19H26O2/c1-4-16-9-11-17(12-10-16)19(20)15(3)21-13-18-8-6-5-7-14(18)2/h5-6,9-12,14-15,18H,4,7-8,13H2,1-3H3. The van der Waals surface area contributed by atoms with Gasteiger partial charge in [-0.2, -0.15) is 0 Å². The number of benzene rings is 1. The van der Waals surface area contributed by atoms with E-state index in [4.69, 9.17) is 4.74 Å². The van der Waals surface area contributed by atoms with Crippen LogP contribution in [-0.4, -0.2) is 18.5 Å². The summed E-state index contributed by atoms with van der Waals surface area (Å²) in [7, 11) is 0. The van der Waals surface area contributed by atoms with Crippen LogP contribution in [0.15, 0.2) is 36.4 Å². The number of aryl methyl sites for hydroxylation is 1. The largest absolute Gasteiger partial charge is 0.370 e. The number of ether oxygens (including phenoxy) is 1. The highest BCUT2D eigenvalue weighted by Gasteiger charge is 2.22. The molecular formula is C19H26O2. The van der Waals surface area contributed by atoms with Crippen LogP contribution in [0, 0.1) is 11.8 Å². The molecule has 0 heterocycles. The first-order valence-electron chi connectivity index (χ1n) is 8.01. The molecule has 0 saturated carbocycles. The Bertz CT molecular complexity index is 487. The molecule has 0 aromatic heterocycles. The first kappa shape index (κ1) is 16.0. The minimum absolute atomic E-state index is 0.0802. The summed E-state index contributed by atoms with van der Waals surface area (Å²) >= 11 is 0. The summed E-state index contributed by atoms with van der Waals surface area (Å²) in [4.78, 5) is 12.4. The second kappa shape index (κ2) is 7.56. The van der Waals surface area contributed by atoms with E-state index in [9.17, 15) is 4.79 Å². The zero-order valence-electron chi connectivity index (χ0n) is 13.3. The summed E-state index contributed by atoms with van der Waals surface area (Å²) in [6.45, 7) is 6.90. The first-order chi connectivity index (χ1) is 10.1. The van der Waals surface area contributed by atoms with E-state index in [1.165, 1.54) is 5.56 Å². The van der Waals surface area contributed by atoms with Gasteiger partial charge >= 0.3 is 0 Å². The van der Waals surface area contributed by atoms with Crippen LogP contribution < -0.4 is 0 Å². The van der Waals surface area contributed by atoms with Crippen molar-refractivity contribution in [1.29, 1.82) is 0 Å². The highest BCUT2D eigenvalue weighted by molar-refractivity contribution is 5.99. The molecule has 3 unspecified atom stereocenters. The molecule has 0 amide bonds. The van der Waals surface area contributed by atoms with Crippen LogP contribution in [0.2, 0.25) is 0 Å². The van der Waals surface area contributed by atoms with E-state index in [0.717, 1.165) is 24.8 Å². The summed E-state index contributed by atoms with van der Waals surface area (Å²) in [5.41, 5.74) is 2.00. The topological polar surface area (TPSA) is 26.3 Å². The molecule has 1 aromatic rings. The molecule has 2 heteroatoms. The molecule has 0 saturated heterocycles. The number of allylic oxidation sites excluding steroid dienone is 2. The molecule has 0 bridgehead atoms. The molecule has 0 radical (unpaired) electrons. The van der Waals surface area contributed by atoms with Crippen molar-refractivity contribution in [3.05, 3.63) is 47.5 Å². The second-order valence-corrected chi connectivity index (χ2v) is 6.07. The van der Waals surface area contributed by atoms with Crippen LogP contribution in [0.4, 0.5) is 0 Å². The van der Waals surface area contributed by atoms with Gasteiger partial charge in [-0.05, 0) is 43.6 Å². The maximum Gasteiger partial charge on any atom is 0.191 e. The lowest BCUT2D eigenvalue weighted by molar-refractivity contribution is 0.0256. The summed E-state index contributed by atoms with van der Waals surface area (Å²) < 4.78 is 5.84. The molecular weight excluding hydrogens is 260 g/mol. The van der Waals surface area contributed by atoms with Crippen LogP contribution >= 0.6 is 0 Å². The number of carbonyl (C=O) groups excluding carboxylic acids is 1. The van der Waals surface area contributed by atoms with Crippen molar-refractivity contribution in [3.63, 3.8) is 0 Å². The van der Waals surface area contributed by atoms with E-state index in [2.05, 4.69) is 26.0 Å². The molecule has 1 aliphatic carbocycles. The number of carbonyl (C=O) groups is 1. The maximum absolute atomic E-state index is 12.4. The molecule has 21 heavy (non-hydrogen) atoms. The van der Waals surface area contributed by atoms with E-state index in [1.54, 1.807) is 0 Å². The number of Topliss-reactive ketones (excluding diaryl/α,β-unsaturated/α-hetero) is 1. The summed E-state index contributed by atoms with van der Waals surface area (Å²) in [5.74, 6) is 1.26. The normalized spacial score (nSPS) is 23.0. The van der Waals surface area contributed by atoms with Gasteiger partial charge in [0.25, 0.3) is 0 Å². The fraction of sp³-hybridized carbons (Fsp3) is 0.526. The van der Waals surface area contributed by atoms with Gasteiger partial charge in [-0.3, -0.25) is 4.79 Å². The van der Waals surface area contributed by atoms with E-state index >= 15 is 0 Å². The Morgan fingerprint density at radius 1 is 1.24 bits per heavy atom. The van der Waals surface area contributed by atoms with Crippen LogP contribution in [0.1, 0.15) is 49.5 Å². The molecule has 2 rings (SSSR count). The summed E-state index contributed by atoms with van der Waals surface area (Å²) in [6, 6.07) is 7.86. The van der Waals surface area contributed by atoms with Crippen LogP contribution in [0.3, 0.4) is 0 Å². The van der Waals surface area contributed by atoms with Gasteiger partial charge in [-0.15, -0.1) is 0 Å². The average molecular weight is 286 g/mol. The van der Waals surface area contributed by atoms with E-state index < -0.39 is 0 Å². The Balaban J connectivity index is 1.88. The number of rotatable bonds is 6. The van der Waals surface area contributed by atoms with E-state index in [0.29, 0.717) is 18.4 Å². The van der Waals surface area contributed by atoms with Gasteiger partial charge < -0.3 is 4.74 Å². The molecule has 2 nitrogen and oxygen atoms in total. The smallest absolute Gasteiger partial charge is 0.191 e. The minimum Gasteiger partial charge on any atom is -0.370 e. The summed E-state index contributed by atoms with van der Waals surface area (Å²) in [5, 5.41) is 0. The lowest BCUT2D eigenvalue weighted by Crippen LogP contribution is -2.27. The van der Waals surface area contributed by atoms with Crippen molar-refractivity contribution < 1.29 is 9.53 Å². The number of ketones is 1. The Morgan fingerprint density at radius 3 is 2.52 bits per heavy atom. The van der Waals surface area contributed by atoms with Gasteiger partial charge in [-0.25, -0.2) is 0 Å². The predicted molar refractivity (Wildman–Crippen MR) is 86.6 cm³/mol. The van der Waals surface area contributed by atoms with Gasteiger partial charge in [0.05, 0.1) is 6.61 Å². The third-order valence-corrected chi connectivity index (χ3v) is 4.49. The number of hydrogen-bond acceptors (Lipinski definition) is 2. The van der Waals surface area contributed by atoms with Crippen molar-refractivity contribution in [3.8, 4) is 0 Å². The van der Waals surface area contributed by atoms with Crippen LogP contribution in [0.25, 0.3) is 0 Å². The monoisotopic (exact) mass is 286 g/mol. The second-order valence-electron chi connectivity index (χ2n) is 6.07. The molecule has 0 aliphatic heterocycles. The fourth-order valence-corrected chi connectivity index (χ4v) is 2.72. The van der Waals surface area contributed by atoms with Crippen molar-refractivity contribution in [2.45, 2.75) is 46.1 Å². The lowest BCUT2D eigenvalue weighted by Gasteiger charge is -2.26. The summed E-state index contributed by atoms with van der Waals surface area (Å²) in [6.07, 6.45) is 7.28. The zero-order chi connectivity index (χ0) is 15.2. The zero-order valence-corrected chi connectivity index (χ0v) is 13.3. The minimum atomic E-state index is -0.365. The first-order valence-corrected chi connectivity index (χ1v) is 8.01. The molecule has 1 aliphatic rings. The predicted octanol–water partition coefficient (Wildman–Crippen LogP) is 4.44. The molecule has 1 aromatic carbocycles. The van der Waals surface area contributed by atoms with Crippen molar-refractivity contribution in [2.75, 3.05) is 6.61 Å².